The quantitative estimate of drug-likeness (QED) is 0.576. The first-order valence-corrected chi connectivity index (χ1v) is 8.86. The lowest BCUT2D eigenvalue weighted by Crippen LogP contribution is -2.29. The van der Waals surface area contributed by atoms with Gasteiger partial charge < -0.3 is 9.30 Å². The third-order valence-electron chi connectivity index (χ3n) is 4.51. The van der Waals surface area contributed by atoms with Crippen molar-refractivity contribution < 1.29 is 4.74 Å². The average Bonchev–Trinajstić information content (AvgIpc) is 3.21. The van der Waals surface area contributed by atoms with Gasteiger partial charge >= 0.3 is 5.69 Å². The first-order chi connectivity index (χ1) is 13.1. The van der Waals surface area contributed by atoms with Gasteiger partial charge in [0.1, 0.15) is 5.75 Å². The SMILES string of the molecule is CCCn1c2c(=O)[nH]c(=O)n(C)c2n2c(-c3ccc(OCC)cc3)nnc12. The number of aromatic nitrogens is 6. The first kappa shape index (κ1) is 17.1. The van der Waals surface area contributed by atoms with Gasteiger partial charge in [-0.3, -0.25) is 14.3 Å². The second kappa shape index (κ2) is 6.42. The molecule has 3 heterocycles. The highest BCUT2D eigenvalue weighted by atomic mass is 16.5. The van der Waals surface area contributed by atoms with Gasteiger partial charge in [-0.15, -0.1) is 10.2 Å². The number of nitrogens with one attached hydrogen (secondary N) is 1. The minimum Gasteiger partial charge on any atom is -0.494 e. The minimum absolute atomic E-state index is 0.413. The number of hydrogen-bond donors (Lipinski definition) is 1. The Kier molecular flexibility index (Phi) is 4.06. The number of rotatable bonds is 5. The standard InChI is InChI=1S/C18H20N6O3/c1-4-10-23-13-15(25)19-18(26)22(3)16(13)24-14(20-21-17(23)24)11-6-8-12(9-7-11)27-5-2/h6-9H,4-5,10H2,1-3H3,(H,19,25,26). The molecule has 0 aliphatic rings. The maximum absolute atomic E-state index is 12.5. The van der Waals surface area contributed by atoms with Crippen molar-refractivity contribution in [1.29, 1.82) is 0 Å². The number of imidazole rings is 1. The summed E-state index contributed by atoms with van der Waals surface area (Å²) >= 11 is 0. The number of aromatic amines is 1. The molecular formula is C18H20N6O3. The summed E-state index contributed by atoms with van der Waals surface area (Å²) < 4.78 is 10.5. The lowest BCUT2D eigenvalue weighted by Gasteiger charge is -2.05. The van der Waals surface area contributed by atoms with Crippen LogP contribution in [0.25, 0.3) is 28.3 Å². The van der Waals surface area contributed by atoms with Crippen molar-refractivity contribution in [3.05, 3.63) is 45.1 Å². The summed E-state index contributed by atoms with van der Waals surface area (Å²) in [6.07, 6.45) is 0.812. The zero-order valence-electron chi connectivity index (χ0n) is 15.4. The molecule has 1 aromatic carbocycles. The van der Waals surface area contributed by atoms with E-state index < -0.39 is 11.2 Å². The molecule has 9 nitrogen and oxygen atoms in total. The number of fused-ring (bicyclic) bond motifs is 3. The monoisotopic (exact) mass is 368 g/mol. The molecule has 4 aromatic rings. The minimum atomic E-state index is -0.477. The number of nitrogens with zero attached hydrogens (tertiary/aromatic N) is 5. The Balaban J connectivity index is 2.07. The number of aryl methyl sites for hydroxylation is 2. The van der Waals surface area contributed by atoms with Crippen LogP contribution in [0.4, 0.5) is 0 Å². The summed E-state index contributed by atoms with van der Waals surface area (Å²) in [7, 11) is 1.62. The van der Waals surface area contributed by atoms with Crippen LogP contribution >= 0.6 is 0 Å². The highest BCUT2D eigenvalue weighted by molar-refractivity contribution is 5.79. The Morgan fingerprint density at radius 3 is 2.52 bits per heavy atom. The van der Waals surface area contributed by atoms with E-state index in [1.165, 1.54) is 4.57 Å². The van der Waals surface area contributed by atoms with E-state index in [1.54, 1.807) is 16.0 Å². The third kappa shape index (κ3) is 2.54. The zero-order chi connectivity index (χ0) is 19.1. The van der Waals surface area contributed by atoms with E-state index in [4.69, 9.17) is 4.74 Å². The topological polar surface area (TPSA) is 99.2 Å². The zero-order valence-corrected chi connectivity index (χ0v) is 15.4. The molecule has 1 N–H and O–H groups in total. The molecule has 0 saturated heterocycles. The fraction of sp³-hybridized carbons (Fsp3) is 0.333. The highest BCUT2D eigenvalue weighted by Gasteiger charge is 2.22. The number of benzene rings is 1. The van der Waals surface area contributed by atoms with Gasteiger partial charge in [0.15, 0.2) is 17.0 Å². The average molecular weight is 368 g/mol. The molecule has 0 atom stereocenters. The third-order valence-corrected chi connectivity index (χ3v) is 4.51. The Hall–Kier alpha value is -3.36. The van der Waals surface area contributed by atoms with Crippen molar-refractivity contribution in [3.63, 3.8) is 0 Å². The lowest BCUT2D eigenvalue weighted by molar-refractivity contribution is 0.340. The van der Waals surface area contributed by atoms with E-state index in [-0.39, 0.29) is 0 Å². The van der Waals surface area contributed by atoms with E-state index in [1.807, 2.05) is 38.1 Å². The first-order valence-electron chi connectivity index (χ1n) is 8.86. The van der Waals surface area contributed by atoms with Crippen molar-refractivity contribution in [2.75, 3.05) is 6.61 Å². The van der Waals surface area contributed by atoms with Gasteiger partial charge in [0.2, 0.25) is 5.78 Å². The fourth-order valence-electron chi connectivity index (χ4n) is 3.33. The van der Waals surface area contributed by atoms with Crippen LogP contribution in [0.3, 0.4) is 0 Å². The van der Waals surface area contributed by atoms with E-state index in [9.17, 15) is 9.59 Å². The Labute approximate surface area is 153 Å². The molecule has 0 aliphatic carbocycles. The molecule has 27 heavy (non-hydrogen) atoms. The number of H-pyrrole nitrogens is 1. The molecular weight excluding hydrogens is 348 g/mol. The van der Waals surface area contributed by atoms with Crippen LogP contribution in [0.5, 0.6) is 5.75 Å². The molecule has 140 valence electrons. The van der Waals surface area contributed by atoms with Crippen molar-refractivity contribution in [3.8, 4) is 17.1 Å². The predicted molar refractivity (Wildman–Crippen MR) is 101 cm³/mol. The summed E-state index contributed by atoms with van der Waals surface area (Å²) in [6.45, 7) is 5.12. The molecule has 0 amide bonds. The maximum Gasteiger partial charge on any atom is 0.329 e. The van der Waals surface area contributed by atoms with Crippen molar-refractivity contribution in [1.82, 2.24) is 28.7 Å². The summed E-state index contributed by atoms with van der Waals surface area (Å²) in [5, 5.41) is 8.62. The molecule has 0 fully saturated rings. The van der Waals surface area contributed by atoms with Gasteiger partial charge in [-0.2, -0.15) is 0 Å². The van der Waals surface area contributed by atoms with E-state index >= 15 is 0 Å². The molecule has 0 bridgehead atoms. The molecule has 0 spiro atoms. The largest absolute Gasteiger partial charge is 0.494 e. The Morgan fingerprint density at radius 1 is 1.11 bits per heavy atom. The Morgan fingerprint density at radius 2 is 1.85 bits per heavy atom. The van der Waals surface area contributed by atoms with Gasteiger partial charge in [-0.25, -0.2) is 9.20 Å². The van der Waals surface area contributed by atoms with Gasteiger partial charge in [0.25, 0.3) is 5.56 Å². The van der Waals surface area contributed by atoms with Gasteiger partial charge in [0.05, 0.1) is 6.61 Å². The summed E-state index contributed by atoms with van der Waals surface area (Å²) in [4.78, 5) is 27.1. The van der Waals surface area contributed by atoms with Crippen molar-refractivity contribution >= 4 is 16.9 Å². The highest BCUT2D eigenvalue weighted by Crippen LogP contribution is 2.25. The van der Waals surface area contributed by atoms with Crippen molar-refractivity contribution in [2.24, 2.45) is 7.05 Å². The van der Waals surface area contributed by atoms with Crippen LogP contribution in [0.1, 0.15) is 20.3 Å². The molecule has 0 unspecified atom stereocenters. The molecule has 0 saturated carbocycles. The van der Waals surface area contributed by atoms with Crippen molar-refractivity contribution in [2.45, 2.75) is 26.8 Å². The van der Waals surface area contributed by atoms with Crippen LogP contribution in [0.2, 0.25) is 0 Å². The molecule has 3 aromatic heterocycles. The van der Waals surface area contributed by atoms with Gasteiger partial charge in [0, 0.05) is 19.2 Å². The summed E-state index contributed by atoms with van der Waals surface area (Å²) in [5.74, 6) is 1.86. The predicted octanol–water partition coefficient (Wildman–Crippen LogP) is 1.55. The smallest absolute Gasteiger partial charge is 0.329 e. The normalized spacial score (nSPS) is 11.5. The second-order valence-corrected chi connectivity index (χ2v) is 6.26. The van der Waals surface area contributed by atoms with E-state index in [0.29, 0.717) is 35.9 Å². The van der Waals surface area contributed by atoms with Crippen LogP contribution in [-0.2, 0) is 13.6 Å². The number of hydrogen-bond acceptors (Lipinski definition) is 5. The van der Waals surface area contributed by atoms with E-state index in [2.05, 4.69) is 15.2 Å². The molecule has 0 aliphatic heterocycles. The van der Waals surface area contributed by atoms with Gasteiger partial charge in [-0.1, -0.05) is 6.92 Å². The molecule has 4 rings (SSSR count). The van der Waals surface area contributed by atoms with Gasteiger partial charge in [-0.05, 0) is 37.6 Å². The van der Waals surface area contributed by atoms with Crippen LogP contribution in [-0.4, -0.2) is 35.3 Å². The van der Waals surface area contributed by atoms with Crippen LogP contribution in [0.15, 0.2) is 33.9 Å². The fourth-order valence-corrected chi connectivity index (χ4v) is 3.33. The lowest BCUT2D eigenvalue weighted by atomic mass is 10.2. The maximum atomic E-state index is 12.5. The van der Waals surface area contributed by atoms with Crippen LogP contribution < -0.4 is 16.0 Å². The van der Waals surface area contributed by atoms with E-state index in [0.717, 1.165) is 17.7 Å². The molecule has 0 radical (unpaired) electrons. The number of ether oxygens (including phenoxy) is 1. The summed E-state index contributed by atoms with van der Waals surface area (Å²) in [5.41, 5.74) is 0.797. The van der Waals surface area contributed by atoms with Crippen LogP contribution in [0, 0.1) is 0 Å². The summed E-state index contributed by atoms with van der Waals surface area (Å²) in [6, 6.07) is 7.49. The Bertz CT molecular complexity index is 1240. The molecule has 9 heteroatoms. The second-order valence-electron chi connectivity index (χ2n) is 6.26.